The van der Waals surface area contributed by atoms with Crippen LogP contribution in [0.15, 0.2) is 84.3 Å². The molecule has 0 heterocycles. The summed E-state index contributed by atoms with van der Waals surface area (Å²) in [6.07, 6.45) is 0.760. The molecular formula is C20H18O3S. The molecule has 3 rings (SSSR count). The van der Waals surface area contributed by atoms with Gasteiger partial charge in [0.2, 0.25) is 0 Å². The van der Waals surface area contributed by atoms with Crippen LogP contribution in [0, 0.1) is 6.92 Å². The van der Waals surface area contributed by atoms with Gasteiger partial charge in [-0.1, -0.05) is 66.2 Å². The summed E-state index contributed by atoms with van der Waals surface area (Å²) in [4.78, 5) is 0.139. The van der Waals surface area contributed by atoms with Crippen molar-refractivity contribution in [2.24, 2.45) is 0 Å². The molecule has 0 saturated heterocycles. The van der Waals surface area contributed by atoms with E-state index in [0.29, 0.717) is 0 Å². The third-order valence-corrected chi connectivity index (χ3v) is 5.19. The lowest BCUT2D eigenvalue weighted by atomic mass is 10.0. The first-order valence-electron chi connectivity index (χ1n) is 7.61. The second-order valence-electron chi connectivity index (χ2n) is 5.59. The molecule has 0 N–H and O–H groups in total. The van der Waals surface area contributed by atoms with E-state index in [1.807, 2.05) is 49.4 Å². The van der Waals surface area contributed by atoms with Gasteiger partial charge in [-0.2, -0.15) is 8.42 Å². The van der Waals surface area contributed by atoms with Crippen molar-refractivity contribution in [1.29, 1.82) is 0 Å². The minimum absolute atomic E-state index is 0.139. The number of benzene rings is 3. The van der Waals surface area contributed by atoms with Gasteiger partial charge in [-0.25, -0.2) is 0 Å². The Hall–Kier alpha value is -2.43. The standard InChI is InChI=1S/C20H18O3S/c1-3-20(19-10-6-8-16-7-4-5-9-18(16)19)23-24(21,22)17-13-11-15(2)12-14-17/h3-14,20H,1H2,2H3. The largest absolute Gasteiger partial charge is 0.297 e. The summed E-state index contributed by atoms with van der Waals surface area (Å²) in [7, 11) is -3.88. The third kappa shape index (κ3) is 3.25. The topological polar surface area (TPSA) is 43.4 Å². The number of hydrogen-bond acceptors (Lipinski definition) is 3. The lowest BCUT2D eigenvalue weighted by molar-refractivity contribution is 0.263. The van der Waals surface area contributed by atoms with Crippen LogP contribution in [0.4, 0.5) is 0 Å². The fourth-order valence-corrected chi connectivity index (χ4v) is 3.65. The lowest BCUT2D eigenvalue weighted by Crippen LogP contribution is -2.11. The molecule has 1 unspecified atom stereocenters. The summed E-state index contributed by atoms with van der Waals surface area (Å²) in [5, 5.41) is 1.97. The number of rotatable bonds is 5. The Labute approximate surface area is 142 Å². The van der Waals surface area contributed by atoms with E-state index in [4.69, 9.17) is 4.18 Å². The van der Waals surface area contributed by atoms with E-state index in [9.17, 15) is 8.42 Å². The first-order chi connectivity index (χ1) is 11.5. The van der Waals surface area contributed by atoms with Crippen molar-refractivity contribution < 1.29 is 12.6 Å². The van der Waals surface area contributed by atoms with E-state index >= 15 is 0 Å². The van der Waals surface area contributed by atoms with Crippen molar-refractivity contribution in [3.8, 4) is 0 Å². The SMILES string of the molecule is C=CC(OS(=O)(=O)c1ccc(C)cc1)c1cccc2ccccc12. The van der Waals surface area contributed by atoms with E-state index in [1.165, 1.54) is 6.08 Å². The van der Waals surface area contributed by atoms with Crippen molar-refractivity contribution in [2.45, 2.75) is 17.9 Å². The minimum atomic E-state index is -3.88. The molecule has 0 aliphatic rings. The van der Waals surface area contributed by atoms with Crippen LogP contribution in [0.3, 0.4) is 0 Å². The van der Waals surface area contributed by atoms with Crippen LogP contribution in [-0.2, 0) is 14.3 Å². The molecule has 0 bridgehead atoms. The zero-order valence-electron chi connectivity index (χ0n) is 13.3. The zero-order chi connectivity index (χ0) is 17.2. The Kier molecular flexibility index (Phi) is 4.51. The first kappa shape index (κ1) is 16.4. The highest BCUT2D eigenvalue weighted by Crippen LogP contribution is 2.30. The molecule has 0 aliphatic heterocycles. The van der Waals surface area contributed by atoms with Crippen LogP contribution in [-0.4, -0.2) is 8.42 Å². The normalized spacial score (nSPS) is 12.9. The highest BCUT2D eigenvalue weighted by molar-refractivity contribution is 7.86. The second kappa shape index (κ2) is 6.59. The average molecular weight is 338 g/mol. The molecule has 0 amide bonds. The second-order valence-corrected chi connectivity index (χ2v) is 7.16. The highest BCUT2D eigenvalue weighted by atomic mass is 32.2. The molecule has 3 nitrogen and oxygen atoms in total. The summed E-state index contributed by atoms with van der Waals surface area (Å²) in [5.74, 6) is 0. The van der Waals surface area contributed by atoms with E-state index in [-0.39, 0.29) is 4.90 Å². The quantitative estimate of drug-likeness (QED) is 0.497. The molecule has 0 spiro atoms. The highest BCUT2D eigenvalue weighted by Gasteiger charge is 2.22. The number of fused-ring (bicyclic) bond motifs is 1. The van der Waals surface area contributed by atoms with Crippen LogP contribution in [0.1, 0.15) is 17.2 Å². The van der Waals surface area contributed by atoms with E-state index < -0.39 is 16.2 Å². The Morgan fingerprint density at radius 3 is 2.33 bits per heavy atom. The van der Waals surface area contributed by atoms with Crippen LogP contribution >= 0.6 is 0 Å². The van der Waals surface area contributed by atoms with Gasteiger partial charge >= 0.3 is 0 Å². The molecule has 0 fully saturated rings. The lowest BCUT2D eigenvalue weighted by Gasteiger charge is -2.16. The maximum atomic E-state index is 12.6. The molecule has 24 heavy (non-hydrogen) atoms. The number of aryl methyl sites for hydroxylation is 1. The van der Waals surface area contributed by atoms with Gasteiger partial charge in [0.1, 0.15) is 6.10 Å². The Morgan fingerprint density at radius 2 is 1.62 bits per heavy atom. The summed E-state index contributed by atoms with van der Waals surface area (Å²) >= 11 is 0. The van der Waals surface area contributed by atoms with Crippen molar-refractivity contribution >= 4 is 20.9 Å². The van der Waals surface area contributed by atoms with Gasteiger partial charge < -0.3 is 0 Å². The molecular weight excluding hydrogens is 320 g/mol. The molecule has 0 aliphatic carbocycles. The Bertz CT molecular complexity index is 968. The van der Waals surface area contributed by atoms with Crippen LogP contribution in [0.25, 0.3) is 10.8 Å². The van der Waals surface area contributed by atoms with Gasteiger partial charge in [-0.3, -0.25) is 4.18 Å². The van der Waals surface area contributed by atoms with Crippen molar-refractivity contribution in [1.82, 2.24) is 0 Å². The molecule has 0 radical (unpaired) electrons. The van der Waals surface area contributed by atoms with E-state index in [1.54, 1.807) is 24.3 Å². The fourth-order valence-electron chi connectivity index (χ4n) is 2.61. The van der Waals surface area contributed by atoms with Gasteiger partial charge in [-0.15, -0.1) is 6.58 Å². The van der Waals surface area contributed by atoms with Gasteiger partial charge in [0.05, 0.1) is 4.90 Å². The zero-order valence-corrected chi connectivity index (χ0v) is 14.2. The molecule has 1 atom stereocenters. The predicted octanol–water partition coefficient (Wildman–Crippen LogP) is 4.78. The molecule has 3 aromatic carbocycles. The van der Waals surface area contributed by atoms with Crippen LogP contribution in [0.2, 0.25) is 0 Å². The smallest absolute Gasteiger partial charge is 0.254 e. The van der Waals surface area contributed by atoms with Gasteiger partial charge in [0, 0.05) is 0 Å². The summed E-state index contributed by atoms with van der Waals surface area (Å²) < 4.78 is 30.6. The molecule has 4 heteroatoms. The van der Waals surface area contributed by atoms with Crippen molar-refractivity contribution in [3.63, 3.8) is 0 Å². The predicted molar refractivity (Wildman–Crippen MR) is 96.3 cm³/mol. The minimum Gasteiger partial charge on any atom is -0.254 e. The molecule has 0 saturated carbocycles. The van der Waals surface area contributed by atoms with Gasteiger partial charge in [-0.05, 0) is 35.4 Å². The molecule has 3 aromatic rings. The van der Waals surface area contributed by atoms with Crippen LogP contribution in [0.5, 0.6) is 0 Å². The summed E-state index contributed by atoms with van der Waals surface area (Å²) in [5.41, 5.74) is 1.77. The summed E-state index contributed by atoms with van der Waals surface area (Å²) in [6.45, 7) is 5.65. The van der Waals surface area contributed by atoms with E-state index in [2.05, 4.69) is 6.58 Å². The van der Waals surface area contributed by atoms with E-state index in [0.717, 1.165) is 21.9 Å². The third-order valence-electron chi connectivity index (χ3n) is 3.88. The van der Waals surface area contributed by atoms with Crippen molar-refractivity contribution in [3.05, 3.63) is 90.5 Å². The maximum Gasteiger partial charge on any atom is 0.297 e. The molecule has 122 valence electrons. The average Bonchev–Trinajstić information content (AvgIpc) is 2.60. The van der Waals surface area contributed by atoms with Crippen LogP contribution < -0.4 is 0 Å². The first-order valence-corrected chi connectivity index (χ1v) is 9.02. The maximum absolute atomic E-state index is 12.6. The Morgan fingerprint density at radius 1 is 0.958 bits per heavy atom. The monoisotopic (exact) mass is 338 g/mol. The van der Waals surface area contributed by atoms with Gasteiger partial charge in [0.15, 0.2) is 0 Å². The number of hydrogen-bond donors (Lipinski definition) is 0. The van der Waals surface area contributed by atoms with Crippen molar-refractivity contribution in [2.75, 3.05) is 0 Å². The fraction of sp³-hybridized carbons (Fsp3) is 0.100. The van der Waals surface area contributed by atoms with Gasteiger partial charge in [0.25, 0.3) is 10.1 Å². The summed E-state index contributed by atoms with van der Waals surface area (Å²) in [6, 6.07) is 20.1. The molecule has 0 aromatic heterocycles. The Balaban J connectivity index is 2.00.